The summed E-state index contributed by atoms with van der Waals surface area (Å²) < 4.78 is 5.91. The molecule has 0 bridgehead atoms. The zero-order valence-corrected chi connectivity index (χ0v) is 12.1. The van der Waals surface area contributed by atoms with E-state index in [1.54, 1.807) is 0 Å². The van der Waals surface area contributed by atoms with Crippen LogP contribution in [0.2, 0.25) is 0 Å². The highest BCUT2D eigenvalue weighted by Crippen LogP contribution is 2.36. The lowest BCUT2D eigenvalue weighted by molar-refractivity contribution is 0.289. The van der Waals surface area contributed by atoms with E-state index in [0.717, 1.165) is 43.3 Å². The number of fused-ring (bicyclic) bond motifs is 1. The van der Waals surface area contributed by atoms with Crippen molar-refractivity contribution >= 4 is 0 Å². The van der Waals surface area contributed by atoms with Gasteiger partial charge in [-0.25, -0.2) is 0 Å². The predicted octanol–water partition coefficient (Wildman–Crippen LogP) is 3.33. The maximum atomic E-state index is 5.91. The Morgan fingerprint density at radius 1 is 1.24 bits per heavy atom. The van der Waals surface area contributed by atoms with E-state index in [1.807, 2.05) is 12.4 Å². The normalized spacial score (nSPS) is 17.1. The zero-order chi connectivity index (χ0) is 14.1. The van der Waals surface area contributed by atoms with Crippen molar-refractivity contribution in [2.75, 3.05) is 6.61 Å². The molecule has 1 aliphatic heterocycles. The van der Waals surface area contributed by atoms with E-state index in [0.29, 0.717) is 0 Å². The van der Waals surface area contributed by atoms with Gasteiger partial charge < -0.3 is 10.1 Å². The first-order chi connectivity index (χ1) is 10.4. The first-order valence-electron chi connectivity index (χ1n) is 7.82. The Kier molecular flexibility index (Phi) is 3.36. The molecule has 21 heavy (non-hydrogen) atoms. The van der Waals surface area contributed by atoms with E-state index in [9.17, 15) is 0 Å². The monoisotopic (exact) mass is 280 g/mol. The number of benzene rings is 1. The summed E-state index contributed by atoms with van der Waals surface area (Å²) in [7, 11) is 0. The summed E-state index contributed by atoms with van der Waals surface area (Å²) in [6.45, 7) is 1.72. The third-order valence-corrected chi connectivity index (χ3v) is 4.21. The van der Waals surface area contributed by atoms with E-state index >= 15 is 0 Å². The third-order valence-electron chi connectivity index (χ3n) is 4.21. The van der Waals surface area contributed by atoms with Crippen molar-refractivity contribution in [3.8, 4) is 16.9 Å². The molecule has 1 saturated carbocycles. The fraction of sp³-hybridized carbons (Fsp3) is 0.389. The second kappa shape index (κ2) is 5.49. The number of aromatic nitrogens is 1. The molecule has 1 aromatic heterocycles. The van der Waals surface area contributed by atoms with Gasteiger partial charge in [0, 0.05) is 36.1 Å². The van der Waals surface area contributed by atoms with Gasteiger partial charge in [-0.1, -0.05) is 18.2 Å². The maximum absolute atomic E-state index is 5.91. The SMILES string of the molecule is c1cc2c(c(-c3cncc(CNC4CC4)c3)c1)OCCC2. The molecule has 2 aromatic rings. The highest BCUT2D eigenvalue weighted by molar-refractivity contribution is 5.72. The maximum Gasteiger partial charge on any atom is 0.130 e. The van der Waals surface area contributed by atoms with Crippen LogP contribution in [0.1, 0.15) is 30.4 Å². The summed E-state index contributed by atoms with van der Waals surface area (Å²) >= 11 is 0. The lowest BCUT2D eigenvalue weighted by Crippen LogP contribution is -2.15. The number of ether oxygens (including phenoxy) is 1. The lowest BCUT2D eigenvalue weighted by atomic mass is 9.98. The van der Waals surface area contributed by atoms with Crippen LogP contribution in [0.4, 0.5) is 0 Å². The highest BCUT2D eigenvalue weighted by Gasteiger charge is 2.20. The number of nitrogens with zero attached hydrogens (tertiary/aromatic N) is 1. The number of pyridine rings is 1. The summed E-state index contributed by atoms with van der Waals surface area (Å²) in [6, 6.07) is 9.39. The molecule has 1 aromatic carbocycles. The average molecular weight is 280 g/mol. The largest absolute Gasteiger partial charge is 0.493 e. The van der Waals surface area contributed by atoms with Gasteiger partial charge in [-0.05, 0) is 42.9 Å². The molecule has 1 fully saturated rings. The molecule has 1 aliphatic carbocycles. The minimum absolute atomic E-state index is 0.724. The molecule has 0 unspecified atom stereocenters. The molecule has 108 valence electrons. The van der Waals surface area contributed by atoms with Crippen molar-refractivity contribution in [1.82, 2.24) is 10.3 Å². The predicted molar refractivity (Wildman–Crippen MR) is 83.4 cm³/mol. The van der Waals surface area contributed by atoms with Gasteiger partial charge in [0.05, 0.1) is 6.61 Å². The number of nitrogens with one attached hydrogen (secondary N) is 1. The molecule has 3 nitrogen and oxygen atoms in total. The van der Waals surface area contributed by atoms with Crippen molar-refractivity contribution in [3.63, 3.8) is 0 Å². The fourth-order valence-corrected chi connectivity index (χ4v) is 2.90. The molecular formula is C18H20N2O. The topological polar surface area (TPSA) is 34.2 Å². The van der Waals surface area contributed by atoms with E-state index in [4.69, 9.17) is 4.74 Å². The molecule has 0 radical (unpaired) electrons. The van der Waals surface area contributed by atoms with Crippen LogP contribution in [0.5, 0.6) is 5.75 Å². The molecule has 0 amide bonds. The molecule has 4 rings (SSSR count). The van der Waals surface area contributed by atoms with Crippen molar-refractivity contribution in [2.24, 2.45) is 0 Å². The second-order valence-electron chi connectivity index (χ2n) is 5.98. The molecule has 1 N–H and O–H groups in total. The Hall–Kier alpha value is -1.87. The summed E-state index contributed by atoms with van der Waals surface area (Å²) in [5.41, 5.74) is 4.89. The minimum Gasteiger partial charge on any atom is -0.493 e. The van der Waals surface area contributed by atoms with Crippen LogP contribution in [0.25, 0.3) is 11.1 Å². The number of hydrogen-bond donors (Lipinski definition) is 1. The molecule has 3 heteroatoms. The Balaban J connectivity index is 1.64. The number of para-hydroxylation sites is 1. The van der Waals surface area contributed by atoms with Crippen LogP contribution < -0.4 is 10.1 Å². The van der Waals surface area contributed by atoms with Gasteiger partial charge in [0.25, 0.3) is 0 Å². The smallest absolute Gasteiger partial charge is 0.130 e. The summed E-state index contributed by atoms with van der Waals surface area (Å²) in [6.07, 6.45) is 8.74. The zero-order valence-electron chi connectivity index (χ0n) is 12.1. The minimum atomic E-state index is 0.724. The van der Waals surface area contributed by atoms with Gasteiger partial charge in [-0.15, -0.1) is 0 Å². The number of aryl methyl sites for hydroxylation is 1. The molecule has 2 heterocycles. The van der Waals surface area contributed by atoms with Gasteiger partial charge >= 0.3 is 0 Å². The molecule has 0 spiro atoms. The lowest BCUT2D eigenvalue weighted by Gasteiger charge is -2.20. The van der Waals surface area contributed by atoms with Crippen molar-refractivity contribution in [3.05, 3.63) is 47.8 Å². The van der Waals surface area contributed by atoms with E-state index < -0.39 is 0 Å². The van der Waals surface area contributed by atoms with E-state index in [2.05, 4.69) is 34.6 Å². The fourth-order valence-electron chi connectivity index (χ4n) is 2.90. The van der Waals surface area contributed by atoms with Crippen LogP contribution in [-0.2, 0) is 13.0 Å². The van der Waals surface area contributed by atoms with Crippen molar-refractivity contribution in [2.45, 2.75) is 38.3 Å². The highest BCUT2D eigenvalue weighted by atomic mass is 16.5. The Labute approximate surface area is 125 Å². The van der Waals surface area contributed by atoms with Crippen LogP contribution >= 0.6 is 0 Å². The summed E-state index contributed by atoms with van der Waals surface area (Å²) in [5, 5.41) is 3.54. The van der Waals surface area contributed by atoms with Gasteiger partial charge in [0.2, 0.25) is 0 Å². The standard InChI is InChI=1S/C18H20N2O/c1-3-14-4-2-8-21-18(14)17(5-1)15-9-13(10-19-12-15)11-20-16-6-7-16/h1,3,5,9-10,12,16,20H,2,4,6-8,11H2. The number of rotatable bonds is 4. The first-order valence-corrected chi connectivity index (χ1v) is 7.82. The van der Waals surface area contributed by atoms with Crippen LogP contribution in [0.15, 0.2) is 36.7 Å². The summed E-state index contributed by atoms with van der Waals surface area (Å²) in [4.78, 5) is 4.41. The average Bonchev–Trinajstić information content (AvgIpc) is 3.37. The van der Waals surface area contributed by atoms with E-state index in [1.165, 1.54) is 29.5 Å². The van der Waals surface area contributed by atoms with Crippen LogP contribution in [0.3, 0.4) is 0 Å². The van der Waals surface area contributed by atoms with Crippen molar-refractivity contribution < 1.29 is 4.74 Å². The van der Waals surface area contributed by atoms with Crippen molar-refractivity contribution in [1.29, 1.82) is 0 Å². The third kappa shape index (κ3) is 2.79. The van der Waals surface area contributed by atoms with E-state index in [-0.39, 0.29) is 0 Å². The Bertz CT molecular complexity index is 649. The Morgan fingerprint density at radius 2 is 2.19 bits per heavy atom. The number of hydrogen-bond acceptors (Lipinski definition) is 3. The van der Waals surface area contributed by atoms with Gasteiger partial charge in [0.15, 0.2) is 0 Å². The van der Waals surface area contributed by atoms with Gasteiger partial charge in [0.1, 0.15) is 5.75 Å². The first kappa shape index (κ1) is 12.8. The second-order valence-corrected chi connectivity index (χ2v) is 5.98. The quantitative estimate of drug-likeness (QED) is 0.933. The van der Waals surface area contributed by atoms with Gasteiger partial charge in [-0.2, -0.15) is 0 Å². The Morgan fingerprint density at radius 3 is 3.10 bits per heavy atom. The van der Waals surface area contributed by atoms with Crippen LogP contribution in [0, 0.1) is 0 Å². The van der Waals surface area contributed by atoms with Gasteiger partial charge in [-0.3, -0.25) is 4.98 Å². The molecular weight excluding hydrogens is 260 g/mol. The molecule has 0 atom stereocenters. The summed E-state index contributed by atoms with van der Waals surface area (Å²) in [5.74, 6) is 1.05. The molecule has 0 saturated heterocycles. The molecule has 2 aliphatic rings. The van der Waals surface area contributed by atoms with Crippen LogP contribution in [-0.4, -0.2) is 17.6 Å².